The van der Waals surface area contributed by atoms with E-state index in [0.717, 1.165) is 10.0 Å². The Labute approximate surface area is 109 Å². The average Bonchev–Trinajstić information content (AvgIpc) is 2.25. The third kappa shape index (κ3) is 3.83. The molecule has 1 amide bonds. The van der Waals surface area contributed by atoms with E-state index in [1.54, 1.807) is 11.8 Å². The van der Waals surface area contributed by atoms with Crippen molar-refractivity contribution in [3.05, 3.63) is 33.8 Å². The zero-order valence-corrected chi connectivity index (χ0v) is 12.1. The molecule has 0 heterocycles. The molecule has 0 spiro atoms. The summed E-state index contributed by atoms with van der Waals surface area (Å²) in [6.07, 6.45) is 2.04. The molecule has 0 radical (unpaired) electrons. The van der Waals surface area contributed by atoms with Gasteiger partial charge in [0.05, 0.1) is 5.56 Å². The number of rotatable bonds is 4. The van der Waals surface area contributed by atoms with Gasteiger partial charge in [-0.3, -0.25) is 4.79 Å². The van der Waals surface area contributed by atoms with Gasteiger partial charge in [0, 0.05) is 16.3 Å². The largest absolute Gasteiger partial charge is 0.351 e. The second kappa shape index (κ2) is 6.30. The topological polar surface area (TPSA) is 29.1 Å². The summed E-state index contributed by atoms with van der Waals surface area (Å²) in [7, 11) is 0. The van der Waals surface area contributed by atoms with Crippen LogP contribution in [-0.2, 0) is 0 Å². The minimum atomic E-state index is -0.0206. The van der Waals surface area contributed by atoms with E-state index in [1.165, 1.54) is 0 Å². The Balaban J connectivity index is 2.66. The molecule has 2 nitrogen and oxygen atoms in total. The number of benzene rings is 1. The maximum absolute atomic E-state index is 11.8. The number of carbonyl (C=O) groups excluding carboxylic acids is 1. The number of halogens is 1. The van der Waals surface area contributed by atoms with E-state index in [0.29, 0.717) is 17.4 Å². The van der Waals surface area contributed by atoms with Crippen LogP contribution in [0.15, 0.2) is 22.7 Å². The quantitative estimate of drug-likeness (QED) is 0.925. The van der Waals surface area contributed by atoms with Crippen molar-refractivity contribution in [2.24, 2.45) is 0 Å². The normalized spacial score (nSPS) is 12.2. The number of thioether (sulfide) groups is 1. The van der Waals surface area contributed by atoms with E-state index in [9.17, 15) is 4.79 Å². The smallest absolute Gasteiger partial charge is 0.252 e. The van der Waals surface area contributed by atoms with E-state index in [2.05, 4.69) is 28.2 Å². The second-order valence-corrected chi connectivity index (χ2v) is 5.87. The van der Waals surface area contributed by atoms with Crippen molar-refractivity contribution in [2.45, 2.75) is 19.1 Å². The van der Waals surface area contributed by atoms with Crippen LogP contribution in [0.25, 0.3) is 0 Å². The van der Waals surface area contributed by atoms with Crippen LogP contribution in [0, 0.1) is 6.92 Å². The third-order valence-corrected chi connectivity index (χ3v) is 3.95. The number of amides is 1. The molecule has 16 heavy (non-hydrogen) atoms. The summed E-state index contributed by atoms with van der Waals surface area (Å²) in [6, 6.07) is 5.74. The summed E-state index contributed by atoms with van der Waals surface area (Å²) in [5.41, 5.74) is 1.83. The average molecular weight is 302 g/mol. The van der Waals surface area contributed by atoms with E-state index < -0.39 is 0 Å². The Bertz CT molecular complexity index is 381. The SMILES string of the molecule is CSC(C)CNC(=O)c1ccc(C)cc1Br. The maximum Gasteiger partial charge on any atom is 0.252 e. The fourth-order valence-corrected chi connectivity index (χ4v) is 2.14. The summed E-state index contributed by atoms with van der Waals surface area (Å²) in [5.74, 6) is -0.0206. The lowest BCUT2D eigenvalue weighted by Crippen LogP contribution is -2.29. The molecule has 4 heteroatoms. The van der Waals surface area contributed by atoms with Crippen molar-refractivity contribution < 1.29 is 4.79 Å². The molecular formula is C12H16BrNOS. The van der Waals surface area contributed by atoms with E-state index >= 15 is 0 Å². The van der Waals surface area contributed by atoms with Crippen molar-refractivity contribution in [3.63, 3.8) is 0 Å². The Morgan fingerprint density at radius 1 is 1.56 bits per heavy atom. The predicted octanol–water partition coefficient (Wildman–Crippen LogP) is 3.24. The zero-order valence-electron chi connectivity index (χ0n) is 9.71. The van der Waals surface area contributed by atoms with Crippen LogP contribution < -0.4 is 5.32 Å². The lowest BCUT2D eigenvalue weighted by atomic mass is 10.1. The summed E-state index contributed by atoms with van der Waals surface area (Å²) in [4.78, 5) is 11.8. The van der Waals surface area contributed by atoms with Crippen LogP contribution in [0.5, 0.6) is 0 Å². The van der Waals surface area contributed by atoms with Gasteiger partial charge >= 0.3 is 0 Å². The minimum absolute atomic E-state index is 0.0206. The molecule has 0 fully saturated rings. The maximum atomic E-state index is 11.8. The first kappa shape index (κ1) is 13.6. The first-order chi connectivity index (χ1) is 7.54. The van der Waals surface area contributed by atoms with E-state index in [1.807, 2.05) is 31.4 Å². The molecule has 1 rings (SSSR count). The van der Waals surface area contributed by atoms with Gasteiger partial charge in [-0.1, -0.05) is 13.0 Å². The van der Waals surface area contributed by atoms with Crippen molar-refractivity contribution in [2.75, 3.05) is 12.8 Å². The van der Waals surface area contributed by atoms with Gasteiger partial charge in [0.1, 0.15) is 0 Å². The highest BCUT2D eigenvalue weighted by Crippen LogP contribution is 2.18. The number of nitrogens with one attached hydrogen (secondary N) is 1. The van der Waals surface area contributed by atoms with Gasteiger partial charge in [-0.05, 0) is 46.8 Å². The first-order valence-corrected chi connectivity index (χ1v) is 7.20. The van der Waals surface area contributed by atoms with Gasteiger partial charge in [-0.2, -0.15) is 11.8 Å². The molecule has 1 aromatic carbocycles. The third-order valence-electron chi connectivity index (χ3n) is 2.32. The molecule has 0 aliphatic heterocycles. The summed E-state index contributed by atoms with van der Waals surface area (Å²) in [6.45, 7) is 4.79. The Hall–Kier alpha value is -0.480. The van der Waals surface area contributed by atoms with Crippen LogP contribution in [0.2, 0.25) is 0 Å². The van der Waals surface area contributed by atoms with Gasteiger partial charge in [-0.25, -0.2) is 0 Å². The highest BCUT2D eigenvalue weighted by molar-refractivity contribution is 9.10. The van der Waals surface area contributed by atoms with E-state index in [-0.39, 0.29) is 5.91 Å². The van der Waals surface area contributed by atoms with Crippen molar-refractivity contribution in [3.8, 4) is 0 Å². The van der Waals surface area contributed by atoms with Crippen molar-refractivity contribution >= 4 is 33.6 Å². The molecule has 0 aliphatic rings. The van der Waals surface area contributed by atoms with Crippen LogP contribution in [-0.4, -0.2) is 24.0 Å². The monoisotopic (exact) mass is 301 g/mol. The predicted molar refractivity (Wildman–Crippen MR) is 74.2 cm³/mol. The summed E-state index contributed by atoms with van der Waals surface area (Å²) in [5, 5.41) is 3.36. The van der Waals surface area contributed by atoms with Crippen LogP contribution >= 0.6 is 27.7 Å². The lowest BCUT2D eigenvalue weighted by Gasteiger charge is -2.11. The van der Waals surface area contributed by atoms with Gasteiger partial charge in [0.25, 0.3) is 5.91 Å². The van der Waals surface area contributed by atoms with Crippen molar-refractivity contribution in [1.29, 1.82) is 0 Å². The highest BCUT2D eigenvalue weighted by atomic mass is 79.9. The summed E-state index contributed by atoms with van der Waals surface area (Å²) < 4.78 is 0.849. The molecule has 0 saturated carbocycles. The fraction of sp³-hybridized carbons (Fsp3) is 0.417. The summed E-state index contributed by atoms with van der Waals surface area (Å²) >= 11 is 5.15. The highest BCUT2D eigenvalue weighted by Gasteiger charge is 2.10. The van der Waals surface area contributed by atoms with Crippen molar-refractivity contribution in [1.82, 2.24) is 5.32 Å². The molecule has 0 aliphatic carbocycles. The number of hydrogen-bond donors (Lipinski definition) is 1. The second-order valence-electron chi connectivity index (χ2n) is 3.74. The van der Waals surface area contributed by atoms with Crippen LogP contribution in [0.1, 0.15) is 22.8 Å². The molecule has 1 aromatic rings. The van der Waals surface area contributed by atoms with Gasteiger partial charge in [-0.15, -0.1) is 0 Å². The standard InChI is InChI=1S/C12H16BrNOS/c1-8-4-5-10(11(13)6-8)12(15)14-7-9(2)16-3/h4-6,9H,7H2,1-3H3,(H,14,15). The Kier molecular flexibility index (Phi) is 5.35. The van der Waals surface area contributed by atoms with Gasteiger partial charge < -0.3 is 5.32 Å². The minimum Gasteiger partial charge on any atom is -0.351 e. The zero-order chi connectivity index (χ0) is 12.1. The molecule has 0 bridgehead atoms. The van der Waals surface area contributed by atoms with Gasteiger partial charge in [0.2, 0.25) is 0 Å². The number of aryl methyl sites for hydroxylation is 1. The van der Waals surface area contributed by atoms with Gasteiger partial charge in [0.15, 0.2) is 0 Å². The molecule has 0 saturated heterocycles. The van der Waals surface area contributed by atoms with Crippen LogP contribution in [0.4, 0.5) is 0 Å². The Morgan fingerprint density at radius 2 is 2.25 bits per heavy atom. The molecule has 88 valence electrons. The number of carbonyl (C=O) groups is 1. The molecule has 0 aromatic heterocycles. The molecule has 1 unspecified atom stereocenters. The fourth-order valence-electron chi connectivity index (χ4n) is 1.22. The molecule has 1 atom stereocenters. The Morgan fingerprint density at radius 3 is 2.81 bits per heavy atom. The van der Waals surface area contributed by atoms with Crippen LogP contribution in [0.3, 0.4) is 0 Å². The molecular weight excluding hydrogens is 286 g/mol. The van der Waals surface area contributed by atoms with E-state index in [4.69, 9.17) is 0 Å². The first-order valence-electron chi connectivity index (χ1n) is 5.11. The molecule has 1 N–H and O–H groups in total. The number of hydrogen-bond acceptors (Lipinski definition) is 2. The lowest BCUT2D eigenvalue weighted by molar-refractivity contribution is 0.0953.